The molecule has 1 atom stereocenters. The van der Waals surface area contributed by atoms with E-state index in [-0.39, 0.29) is 5.38 Å². The topological polar surface area (TPSA) is 12.4 Å². The van der Waals surface area contributed by atoms with Crippen LogP contribution in [0, 0.1) is 0 Å². The molecule has 0 aliphatic heterocycles. The van der Waals surface area contributed by atoms with E-state index in [9.17, 15) is 0 Å². The molecule has 1 nitrogen and oxygen atoms in total. The lowest BCUT2D eigenvalue weighted by molar-refractivity contribution is 0.972. The molecule has 0 aromatic heterocycles. The van der Waals surface area contributed by atoms with Crippen molar-refractivity contribution in [1.29, 1.82) is 0 Å². The normalized spacial score (nSPS) is 23.7. The summed E-state index contributed by atoms with van der Waals surface area (Å²) in [7, 11) is 1.79. The van der Waals surface area contributed by atoms with Crippen LogP contribution < -0.4 is 0 Å². The van der Waals surface area contributed by atoms with Crippen LogP contribution in [-0.2, 0) is 0 Å². The minimum atomic E-state index is 0.121. The van der Waals surface area contributed by atoms with Gasteiger partial charge in [-0.1, -0.05) is 23.8 Å². The Morgan fingerprint density at radius 1 is 1.64 bits per heavy atom. The monoisotopic (exact) mass is 209 g/mol. The number of rotatable bonds is 2. The summed E-state index contributed by atoms with van der Waals surface area (Å²) < 4.78 is 0. The van der Waals surface area contributed by atoms with Gasteiger partial charge in [0.2, 0.25) is 0 Å². The van der Waals surface area contributed by atoms with Crippen molar-refractivity contribution in [3.63, 3.8) is 0 Å². The van der Waals surface area contributed by atoms with Crippen molar-refractivity contribution in [2.45, 2.75) is 25.6 Å². The third kappa shape index (κ3) is 2.85. The molecule has 0 aromatic rings. The Balaban J connectivity index is 2.93. The molecule has 0 spiro atoms. The van der Waals surface area contributed by atoms with Gasteiger partial charge in [0.25, 0.3) is 0 Å². The van der Waals surface area contributed by atoms with Crippen LogP contribution >= 0.6 is 11.6 Å². The summed E-state index contributed by atoms with van der Waals surface area (Å²) >= 11 is 6.12. The molecule has 1 unspecified atom stereocenters. The first-order valence-electron chi connectivity index (χ1n) is 4.79. The van der Waals surface area contributed by atoms with E-state index in [1.54, 1.807) is 7.05 Å². The fourth-order valence-electron chi connectivity index (χ4n) is 1.62. The zero-order valence-corrected chi connectivity index (χ0v) is 9.67. The van der Waals surface area contributed by atoms with E-state index in [0.29, 0.717) is 0 Å². The highest BCUT2D eigenvalue weighted by atomic mass is 35.5. The molecule has 0 aromatic carbocycles. The maximum absolute atomic E-state index is 6.12. The molecule has 0 saturated carbocycles. The van der Waals surface area contributed by atoms with Crippen LogP contribution in [0.5, 0.6) is 0 Å². The highest BCUT2D eigenvalue weighted by Gasteiger charge is 2.12. The third-order valence-corrected chi connectivity index (χ3v) is 2.49. The van der Waals surface area contributed by atoms with Gasteiger partial charge in [-0.15, -0.1) is 11.6 Å². The molecule has 0 bridgehead atoms. The minimum Gasteiger partial charge on any atom is -0.296 e. The standard InChI is InChI=1S/C12H16ClN/c1-4-10(8-14-3)11-5-9(2)6-12(13)7-11/h4-6,8,12H,7H2,1-3H3/b10-4+,14-8-. The number of aliphatic imine (C=N–C) groups is 1. The second kappa shape index (κ2) is 5.16. The summed E-state index contributed by atoms with van der Waals surface area (Å²) in [5.41, 5.74) is 3.68. The second-order valence-electron chi connectivity index (χ2n) is 3.43. The molecular formula is C12H16ClN. The van der Waals surface area contributed by atoms with E-state index in [0.717, 1.165) is 6.42 Å². The van der Waals surface area contributed by atoms with Gasteiger partial charge in [-0.2, -0.15) is 0 Å². The predicted molar refractivity (Wildman–Crippen MR) is 64.3 cm³/mol. The minimum absolute atomic E-state index is 0.121. The average molecular weight is 210 g/mol. The smallest absolute Gasteiger partial charge is 0.0562 e. The second-order valence-corrected chi connectivity index (χ2v) is 3.99. The van der Waals surface area contributed by atoms with Crippen LogP contribution in [0.25, 0.3) is 0 Å². The maximum Gasteiger partial charge on any atom is 0.0562 e. The molecular weight excluding hydrogens is 194 g/mol. The fourth-order valence-corrected chi connectivity index (χ4v) is 1.98. The molecule has 1 aliphatic rings. The van der Waals surface area contributed by atoms with Gasteiger partial charge in [0, 0.05) is 13.3 Å². The van der Waals surface area contributed by atoms with Gasteiger partial charge in [-0.25, -0.2) is 0 Å². The molecule has 0 N–H and O–H groups in total. The largest absolute Gasteiger partial charge is 0.296 e. The Labute approximate surface area is 90.9 Å². The molecule has 0 heterocycles. The van der Waals surface area contributed by atoms with Crippen LogP contribution in [0.1, 0.15) is 20.3 Å². The van der Waals surface area contributed by atoms with Gasteiger partial charge >= 0.3 is 0 Å². The summed E-state index contributed by atoms with van der Waals surface area (Å²) in [4.78, 5) is 4.04. The van der Waals surface area contributed by atoms with Gasteiger partial charge in [0.05, 0.1) is 5.38 Å². The first-order valence-corrected chi connectivity index (χ1v) is 5.23. The van der Waals surface area contributed by atoms with E-state index in [2.05, 4.69) is 30.1 Å². The number of alkyl halides is 1. The van der Waals surface area contributed by atoms with Crippen LogP contribution in [0.15, 0.2) is 39.9 Å². The summed E-state index contributed by atoms with van der Waals surface area (Å²) in [5, 5.41) is 0.121. The lowest BCUT2D eigenvalue weighted by atomic mass is 9.94. The van der Waals surface area contributed by atoms with Crippen LogP contribution in [-0.4, -0.2) is 18.6 Å². The lowest BCUT2D eigenvalue weighted by Gasteiger charge is -2.16. The summed E-state index contributed by atoms with van der Waals surface area (Å²) in [6, 6.07) is 0. The first-order chi connectivity index (χ1) is 6.67. The Morgan fingerprint density at radius 2 is 2.36 bits per heavy atom. The molecule has 1 rings (SSSR count). The maximum atomic E-state index is 6.12. The number of hydrogen-bond acceptors (Lipinski definition) is 1. The number of allylic oxidation sites excluding steroid dienone is 6. The first kappa shape index (κ1) is 11.3. The molecule has 0 saturated heterocycles. The van der Waals surface area contributed by atoms with Crippen molar-refractivity contribution >= 4 is 17.8 Å². The highest BCUT2D eigenvalue weighted by molar-refractivity contribution is 6.22. The highest BCUT2D eigenvalue weighted by Crippen LogP contribution is 2.25. The molecule has 76 valence electrons. The van der Waals surface area contributed by atoms with E-state index >= 15 is 0 Å². The summed E-state index contributed by atoms with van der Waals surface area (Å²) in [5.74, 6) is 0. The quantitative estimate of drug-likeness (QED) is 0.488. The summed E-state index contributed by atoms with van der Waals surface area (Å²) in [6.45, 7) is 4.10. The van der Waals surface area contributed by atoms with E-state index in [1.807, 2.05) is 13.1 Å². The predicted octanol–water partition coefficient (Wildman–Crippen LogP) is 3.52. The molecule has 0 radical (unpaired) electrons. The van der Waals surface area contributed by atoms with Crippen LogP contribution in [0.4, 0.5) is 0 Å². The number of halogens is 1. The Bertz CT molecular complexity index is 321. The summed E-state index contributed by atoms with van der Waals surface area (Å²) in [6.07, 6.45) is 9.11. The van der Waals surface area contributed by atoms with Crippen molar-refractivity contribution in [3.8, 4) is 0 Å². The SMILES string of the molecule is C/C=C(\C=N/C)C1=CC(C)=CC(Cl)C1. The van der Waals surface area contributed by atoms with Crippen molar-refractivity contribution in [2.24, 2.45) is 4.99 Å². The van der Waals surface area contributed by atoms with Gasteiger partial charge < -0.3 is 0 Å². The third-order valence-electron chi connectivity index (χ3n) is 2.21. The number of hydrogen-bond donors (Lipinski definition) is 0. The fraction of sp³-hybridized carbons (Fsp3) is 0.417. The van der Waals surface area contributed by atoms with Crippen molar-refractivity contribution in [3.05, 3.63) is 34.9 Å². The van der Waals surface area contributed by atoms with E-state index in [4.69, 9.17) is 11.6 Å². The molecule has 1 aliphatic carbocycles. The molecule has 0 amide bonds. The van der Waals surface area contributed by atoms with E-state index < -0.39 is 0 Å². The molecule has 0 fully saturated rings. The average Bonchev–Trinajstić information content (AvgIpc) is 2.12. The zero-order chi connectivity index (χ0) is 10.6. The van der Waals surface area contributed by atoms with Crippen LogP contribution in [0.3, 0.4) is 0 Å². The molecule has 14 heavy (non-hydrogen) atoms. The number of nitrogens with zero attached hydrogens (tertiary/aromatic N) is 1. The van der Waals surface area contributed by atoms with Crippen molar-refractivity contribution in [2.75, 3.05) is 7.05 Å². The van der Waals surface area contributed by atoms with Crippen molar-refractivity contribution in [1.82, 2.24) is 0 Å². The van der Waals surface area contributed by atoms with E-state index in [1.165, 1.54) is 16.7 Å². The Kier molecular flexibility index (Phi) is 4.15. The lowest BCUT2D eigenvalue weighted by Crippen LogP contribution is -2.05. The van der Waals surface area contributed by atoms with Gasteiger partial charge in [0.1, 0.15) is 0 Å². The zero-order valence-electron chi connectivity index (χ0n) is 8.92. The van der Waals surface area contributed by atoms with Gasteiger partial charge in [-0.05, 0) is 31.4 Å². The van der Waals surface area contributed by atoms with Crippen LogP contribution in [0.2, 0.25) is 0 Å². The van der Waals surface area contributed by atoms with Gasteiger partial charge in [-0.3, -0.25) is 4.99 Å². The van der Waals surface area contributed by atoms with Gasteiger partial charge in [0.15, 0.2) is 0 Å². The van der Waals surface area contributed by atoms with Crippen molar-refractivity contribution < 1.29 is 0 Å². The Hall–Kier alpha value is -0.820. The Morgan fingerprint density at radius 3 is 2.86 bits per heavy atom. The molecule has 2 heteroatoms.